The van der Waals surface area contributed by atoms with Crippen LogP contribution in [-0.2, 0) is 26.2 Å². The third-order valence-corrected chi connectivity index (χ3v) is 10.1. The topological polar surface area (TPSA) is 96.0 Å². The molecule has 8 nitrogen and oxygen atoms in total. The maximum Gasteiger partial charge on any atom is 0.264 e. The predicted molar refractivity (Wildman–Crippen MR) is 170 cm³/mol. The van der Waals surface area contributed by atoms with E-state index in [1.54, 1.807) is 61.5 Å². The average Bonchev–Trinajstić information content (AvgIpc) is 2.99. The molecule has 1 aliphatic rings. The van der Waals surface area contributed by atoms with Gasteiger partial charge < -0.3 is 15.0 Å². The summed E-state index contributed by atoms with van der Waals surface area (Å²) >= 11 is 12.6. The van der Waals surface area contributed by atoms with E-state index in [9.17, 15) is 18.0 Å². The molecule has 0 saturated heterocycles. The molecule has 1 atom stereocenters. The molecule has 11 heteroatoms. The molecule has 4 rings (SSSR count). The molecule has 0 heterocycles. The standard InChI is InChI=1S/C32H37Cl2N3O5S/c1-22-12-16-29(17-13-22)43(40,41)37(27-10-7-11-28(19-27)42-3)21-31(38)36(20-24-14-15-25(33)18-30(24)34)23(2)32(39)35-26-8-5-4-6-9-26/h7,10-19,23,26H,4-6,8-9,20-21H2,1-3H3,(H,35,39). The number of aryl methyl sites for hydroxylation is 1. The van der Waals surface area contributed by atoms with Crippen LogP contribution in [0.25, 0.3) is 0 Å². The van der Waals surface area contributed by atoms with E-state index in [1.807, 2.05) is 6.92 Å². The molecule has 1 saturated carbocycles. The summed E-state index contributed by atoms with van der Waals surface area (Å²) in [5.74, 6) is -0.449. The van der Waals surface area contributed by atoms with Gasteiger partial charge in [0.25, 0.3) is 10.0 Å². The van der Waals surface area contributed by atoms with Crippen molar-refractivity contribution in [3.8, 4) is 5.75 Å². The van der Waals surface area contributed by atoms with Crippen LogP contribution in [0, 0.1) is 6.92 Å². The van der Waals surface area contributed by atoms with E-state index in [4.69, 9.17) is 27.9 Å². The minimum absolute atomic E-state index is 0.0232. The van der Waals surface area contributed by atoms with E-state index >= 15 is 0 Å². The molecule has 2 amide bonds. The molecule has 3 aromatic carbocycles. The molecule has 1 aliphatic carbocycles. The summed E-state index contributed by atoms with van der Waals surface area (Å²) in [5, 5.41) is 3.86. The van der Waals surface area contributed by atoms with Crippen LogP contribution in [0.3, 0.4) is 0 Å². The fourth-order valence-corrected chi connectivity index (χ4v) is 6.99. The number of benzene rings is 3. The molecule has 0 bridgehead atoms. The summed E-state index contributed by atoms with van der Waals surface area (Å²) in [6, 6.07) is 17.0. The Morgan fingerprint density at radius 3 is 2.35 bits per heavy atom. The average molecular weight is 647 g/mol. The summed E-state index contributed by atoms with van der Waals surface area (Å²) in [7, 11) is -2.71. The molecule has 0 aromatic heterocycles. The highest BCUT2D eigenvalue weighted by atomic mass is 35.5. The summed E-state index contributed by atoms with van der Waals surface area (Å²) in [5.41, 5.74) is 1.72. The number of anilines is 1. The van der Waals surface area contributed by atoms with Crippen LogP contribution in [0.15, 0.2) is 71.6 Å². The molecule has 1 fully saturated rings. The van der Waals surface area contributed by atoms with Crippen molar-refractivity contribution in [2.24, 2.45) is 0 Å². The lowest BCUT2D eigenvalue weighted by atomic mass is 9.95. The smallest absolute Gasteiger partial charge is 0.264 e. The van der Waals surface area contributed by atoms with Gasteiger partial charge in [-0.2, -0.15) is 0 Å². The van der Waals surface area contributed by atoms with E-state index in [1.165, 1.54) is 24.1 Å². The normalized spacial score (nSPS) is 14.5. The zero-order valence-corrected chi connectivity index (χ0v) is 26.9. The Bertz CT molecular complexity index is 1540. The number of hydrogen-bond donors (Lipinski definition) is 1. The molecule has 0 spiro atoms. The molecule has 43 heavy (non-hydrogen) atoms. The van der Waals surface area contributed by atoms with Crippen molar-refractivity contribution in [3.63, 3.8) is 0 Å². The highest BCUT2D eigenvalue weighted by molar-refractivity contribution is 7.92. The Balaban J connectivity index is 1.71. The van der Waals surface area contributed by atoms with E-state index in [-0.39, 0.29) is 29.1 Å². The zero-order chi connectivity index (χ0) is 31.1. The van der Waals surface area contributed by atoms with Crippen molar-refractivity contribution in [2.75, 3.05) is 18.0 Å². The number of nitrogens with zero attached hydrogens (tertiary/aromatic N) is 2. The van der Waals surface area contributed by atoms with Gasteiger partial charge >= 0.3 is 0 Å². The highest BCUT2D eigenvalue weighted by Gasteiger charge is 2.33. The van der Waals surface area contributed by atoms with Crippen molar-refractivity contribution in [2.45, 2.75) is 69.5 Å². The lowest BCUT2D eigenvalue weighted by Gasteiger charge is -2.33. The van der Waals surface area contributed by atoms with Gasteiger partial charge in [0.1, 0.15) is 18.3 Å². The third kappa shape index (κ3) is 8.22. The number of ether oxygens (including phenoxy) is 1. The van der Waals surface area contributed by atoms with Crippen molar-refractivity contribution in [3.05, 3.63) is 87.9 Å². The van der Waals surface area contributed by atoms with Crippen LogP contribution in [0.2, 0.25) is 10.0 Å². The first-order valence-electron chi connectivity index (χ1n) is 14.3. The number of sulfonamides is 1. The number of rotatable bonds is 11. The van der Waals surface area contributed by atoms with Gasteiger partial charge in [-0.15, -0.1) is 0 Å². The highest BCUT2D eigenvalue weighted by Crippen LogP contribution is 2.29. The fourth-order valence-electron chi connectivity index (χ4n) is 5.12. The summed E-state index contributed by atoms with van der Waals surface area (Å²) in [6.07, 6.45) is 4.97. The fraction of sp³-hybridized carbons (Fsp3) is 0.375. The van der Waals surface area contributed by atoms with Crippen molar-refractivity contribution in [1.29, 1.82) is 0 Å². The summed E-state index contributed by atoms with van der Waals surface area (Å²) in [4.78, 5) is 29.0. The van der Waals surface area contributed by atoms with E-state index in [0.717, 1.165) is 42.0 Å². The second-order valence-corrected chi connectivity index (χ2v) is 13.5. The van der Waals surface area contributed by atoms with Gasteiger partial charge in [-0.1, -0.05) is 72.3 Å². The number of methoxy groups -OCH3 is 1. The van der Waals surface area contributed by atoms with Crippen LogP contribution in [0.1, 0.15) is 50.2 Å². The number of nitrogens with one attached hydrogen (secondary N) is 1. The van der Waals surface area contributed by atoms with E-state index < -0.39 is 28.5 Å². The molecule has 1 N–H and O–H groups in total. The van der Waals surface area contributed by atoms with Crippen LogP contribution in [0.4, 0.5) is 5.69 Å². The number of hydrogen-bond acceptors (Lipinski definition) is 5. The molecular weight excluding hydrogens is 609 g/mol. The first-order chi connectivity index (χ1) is 20.5. The molecule has 3 aromatic rings. The van der Waals surface area contributed by atoms with Crippen LogP contribution < -0.4 is 14.4 Å². The Hall–Kier alpha value is -3.27. The Morgan fingerprint density at radius 1 is 1.00 bits per heavy atom. The quantitative estimate of drug-likeness (QED) is 0.261. The predicted octanol–water partition coefficient (Wildman–Crippen LogP) is 6.37. The van der Waals surface area contributed by atoms with Gasteiger partial charge in [0.2, 0.25) is 11.8 Å². The monoisotopic (exact) mass is 645 g/mol. The van der Waals surface area contributed by atoms with Gasteiger partial charge in [0.05, 0.1) is 17.7 Å². The summed E-state index contributed by atoms with van der Waals surface area (Å²) in [6.45, 7) is 2.92. The van der Waals surface area contributed by atoms with Crippen molar-refractivity contribution < 1.29 is 22.7 Å². The second-order valence-electron chi connectivity index (χ2n) is 10.8. The van der Waals surface area contributed by atoms with Crippen LogP contribution in [0.5, 0.6) is 5.75 Å². The molecule has 230 valence electrons. The third-order valence-electron chi connectivity index (χ3n) is 7.70. The maximum atomic E-state index is 14.2. The minimum Gasteiger partial charge on any atom is -0.497 e. The zero-order valence-electron chi connectivity index (χ0n) is 24.6. The minimum atomic E-state index is -4.19. The van der Waals surface area contributed by atoms with E-state index in [0.29, 0.717) is 21.4 Å². The first kappa shape index (κ1) is 32.6. The van der Waals surface area contributed by atoms with Gasteiger partial charge in [0.15, 0.2) is 0 Å². The Morgan fingerprint density at radius 2 is 1.70 bits per heavy atom. The van der Waals surface area contributed by atoms with Gasteiger partial charge in [0, 0.05) is 28.7 Å². The number of carbonyl (C=O) groups is 2. The Kier molecular flexibility index (Phi) is 11.0. The van der Waals surface area contributed by atoms with Crippen molar-refractivity contribution in [1.82, 2.24) is 10.2 Å². The van der Waals surface area contributed by atoms with Crippen LogP contribution >= 0.6 is 23.2 Å². The summed E-state index contributed by atoms with van der Waals surface area (Å²) < 4.78 is 34.4. The van der Waals surface area contributed by atoms with Gasteiger partial charge in [-0.25, -0.2) is 8.42 Å². The number of amides is 2. The van der Waals surface area contributed by atoms with Gasteiger partial charge in [-0.05, 0) is 68.7 Å². The molecule has 0 aliphatic heterocycles. The number of carbonyl (C=O) groups excluding carboxylic acids is 2. The van der Waals surface area contributed by atoms with Crippen LogP contribution in [-0.4, -0.2) is 50.9 Å². The Labute approximate surface area is 264 Å². The first-order valence-corrected chi connectivity index (χ1v) is 16.5. The molecular formula is C32H37Cl2N3O5S. The maximum absolute atomic E-state index is 14.2. The molecule has 0 radical (unpaired) electrons. The van der Waals surface area contributed by atoms with Crippen molar-refractivity contribution >= 4 is 50.7 Å². The SMILES string of the molecule is COc1cccc(N(CC(=O)N(Cc2ccc(Cl)cc2Cl)C(C)C(=O)NC2CCCCC2)S(=O)(=O)c2ccc(C)cc2)c1. The molecule has 1 unspecified atom stereocenters. The lowest BCUT2D eigenvalue weighted by molar-refractivity contribution is -0.139. The number of halogens is 2. The largest absolute Gasteiger partial charge is 0.497 e. The lowest BCUT2D eigenvalue weighted by Crippen LogP contribution is -2.53. The van der Waals surface area contributed by atoms with E-state index in [2.05, 4.69) is 5.32 Å². The second kappa shape index (κ2) is 14.5. The van der Waals surface area contributed by atoms with Gasteiger partial charge in [-0.3, -0.25) is 13.9 Å².